The van der Waals surface area contributed by atoms with Crippen molar-refractivity contribution in [2.24, 2.45) is 10.2 Å². The third-order valence-electron chi connectivity index (χ3n) is 12.4. The third kappa shape index (κ3) is 16.7. The van der Waals surface area contributed by atoms with Gasteiger partial charge in [0.25, 0.3) is 0 Å². The number of ether oxygens (including phenoxy) is 5. The number of fused-ring (bicyclic) bond motifs is 2. The number of hydrogen-bond donors (Lipinski definition) is 5. The Morgan fingerprint density at radius 2 is 1.56 bits per heavy atom. The van der Waals surface area contributed by atoms with E-state index in [1.54, 1.807) is 12.3 Å². The normalized spacial score (nSPS) is 19.4. The van der Waals surface area contributed by atoms with Crippen LogP contribution >= 0.6 is 35.0 Å². The molecule has 1 aromatic heterocycles. The summed E-state index contributed by atoms with van der Waals surface area (Å²) in [7, 11) is 0. The molecule has 0 spiro atoms. The van der Waals surface area contributed by atoms with Crippen LogP contribution in [-0.2, 0) is 33.3 Å². The fraction of sp³-hybridized carbons (Fsp3) is 0.617. The Morgan fingerprint density at radius 3 is 2.33 bits per heavy atom. The highest BCUT2D eigenvalue weighted by Crippen LogP contribution is 2.35. The van der Waals surface area contributed by atoms with Gasteiger partial charge in [0.15, 0.2) is 5.66 Å². The average Bonchev–Trinajstić information content (AvgIpc) is 3.81. The van der Waals surface area contributed by atoms with E-state index in [4.69, 9.17) is 46.9 Å². The molecule has 5 heterocycles. The maximum Gasteiger partial charge on any atom is 0.315 e. The minimum atomic E-state index is -0.761. The number of aromatic nitrogens is 2. The summed E-state index contributed by atoms with van der Waals surface area (Å²) in [6.45, 7) is 8.42. The van der Waals surface area contributed by atoms with Gasteiger partial charge in [0, 0.05) is 85.3 Å². The number of urea groups is 1. The van der Waals surface area contributed by atoms with Gasteiger partial charge in [-0.1, -0.05) is 41.8 Å². The summed E-state index contributed by atoms with van der Waals surface area (Å²) in [5.74, 6) is 0.953. The van der Waals surface area contributed by atoms with Crippen molar-refractivity contribution in [1.29, 1.82) is 0 Å². The molecular formula is C47H65Cl2N11O9S. The molecule has 0 aliphatic carbocycles. The summed E-state index contributed by atoms with van der Waals surface area (Å²) >= 11 is 14.8. The standard InChI is InChI=1S/C47H65Cl2N11O9S/c1-47(57-58-47)11-9-37(53-42(62)10-18-65-21-22-66-19-12-50-41(61)8-3-2-7-40-44-38(31-70-40)54-46(64)55-44)45(63)51-13-20-67-23-24-68-25-26-69-34-28-32(48)27-33(29-34)59-14-16-60(17-15-59)39-30-52-56-43-35(39)5-4-6-36(43)49/h4-6,27-30,37-38,40,44H,2-3,7-26,31H2,1H3,(H,50,61)(H,51,63)(H,53,62)(H2,54,55,64)/t37-,38-,40-,44-/m0/s1. The van der Waals surface area contributed by atoms with Crippen LogP contribution in [0.5, 0.6) is 5.75 Å². The second-order valence-corrected chi connectivity index (χ2v) is 19.7. The van der Waals surface area contributed by atoms with Crippen molar-refractivity contribution < 1.29 is 42.9 Å². The molecule has 4 aliphatic rings. The topological polar surface area (TPSA) is 232 Å². The first-order chi connectivity index (χ1) is 34.0. The Bertz CT molecular complexity index is 2240. The molecule has 0 saturated carbocycles. The van der Waals surface area contributed by atoms with E-state index in [1.807, 2.05) is 49.0 Å². The summed E-state index contributed by atoms with van der Waals surface area (Å²) in [6.07, 6.45) is 5.91. The van der Waals surface area contributed by atoms with Crippen LogP contribution in [-0.4, -0.2) is 167 Å². The van der Waals surface area contributed by atoms with E-state index in [0.717, 1.165) is 68.0 Å². The van der Waals surface area contributed by atoms with E-state index < -0.39 is 11.7 Å². The molecule has 0 unspecified atom stereocenters. The predicted octanol–water partition coefficient (Wildman–Crippen LogP) is 4.50. The first kappa shape index (κ1) is 53.0. The highest BCUT2D eigenvalue weighted by Gasteiger charge is 2.42. The average molecular weight is 1030 g/mol. The fourth-order valence-electron chi connectivity index (χ4n) is 8.47. The molecule has 2 aromatic carbocycles. The lowest BCUT2D eigenvalue weighted by Crippen LogP contribution is -2.48. The number of benzene rings is 2. The van der Waals surface area contributed by atoms with E-state index in [2.05, 4.69) is 56.8 Å². The van der Waals surface area contributed by atoms with Crippen molar-refractivity contribution >= 4 is 81.0 Å². The molecule has 4 atom stereocenters. The second kappa shape index (κ2) is 27.2. The zero-order valence-corrected chi connectivity index (χ0v) is 42.0. The van der Waals surface area contributed by atoms with Crippen LogP contribution in [0.2, 0.25) is 10.0 Å². The second-order valence-electron chi connectivity index (χ2n) is 17.6. The van der Waals surface area contributed by atoms with E-state index in [0.29, 0.717) is 92.0 Å². The summed E-state index contributed by atoms with van der Waals surface area (Å²) in [5, 5.41) is 33.5. The Hall–Kier alpha value is -4.77. The van der Waals surface area contributed by atoms with Crippen molar-refractivity contribution in [2.75, 3.05) is 114 Å². The molecule has 23 heteroatoms. The lowest BCUT2D eigenvalue weighted by atomic mass is 10.0. The lowest BCUT2D eigenvalue weighted by molar-refractivity contribution is -0.130. The highest BCUT2D eigenvalue weighted by atomic mass is 35.5. The van der Waals surface area contributed by atoms with Crippen molar-refractivity contribution in [2.45, 2.75) is 80.9 Å². The van der Waals surface area contributed by atoms with Gasteiger partial charge in [0.05, 0.1) is 81.8 Å². The Morgan fingerprint density at radius 1 is 0.843 bits per heavy atom. The quantitative estimate of drug-likeness (QED) is 0.0442. The van der Waals surface area contributed by atoms with Crippen LogP contribution in [0, 0.1) is 0 Å². The largest absolute Gasteiger partial charge is 0.491 e. The van der Waals surface area contributed by atoms with Crippen LogP contribution in [0.1, 0.15) is 51.9 Å². The molecule has 5 amide bonds. The van der Waals surface area contributed by atoms with Gasteiger partial charge < -0.3 is 60.1 Å². The molecule has 382 valence electrons. The number of nitrogens with one attached hydrogen (secondary N) is 5. The van der Waals surface area contributed by atoms with Crippen molar-refractivity contribution in [3.63, 3.8) is 0 Å². The maximum absolute atomic E-state index is 13.1. The highest BCUT2D eigenvalue weighted by molar-refractivity contribution is 8.00. The summed E-state index contributed by atoms with van der Waals surface area (Å²) < 4.78 is 28.5. The summed E-state index contributed by atoms with van der Waals surface area (Å²) in [4.78, 5) is 54.2. The smallest absolute Gasteiger partial charge is 0.315 e. The molecular weight excluding hydrogens is 966 g/mol. The molecule has 5 N–H and O–H groups in total. The number of anilines is 2. The fourth-order valence-corrected chi connectivity index (χ4v) is 10.4. The zero-order chi connectivity index (χ0) is 49.1. The number of thioether (sulfide) groups is 1. The minimum absolute atomic E-state index is 0.0106. The van der Waals surface area contributed by atoms with Gasteiger partial charge in [-0.15, -0.1) is 5.10 Å². The van der Waals surface area contributed by atoms with Crippen LogP contribution in [0.25, 0.3) is 10.9 Å². The molecule has 70 heavy (non-hydrogen) atoms. The van der Waals surface area contributed by atoms with E-state index >= 15 is 0 Å². The van der Waals surface area contributed by atoms with Crippen LogP contribution in [0.4, 0.5) is 16.2 Å². The molecule has 20 nitrogen and oxygen atoms in total. The third-order valence-corrected chi connectivity index (χ3v) is 14.4. The lowest BCUT2D eigenvalue weighted by Gasteiger charge is -2.37. The van der Waals surface area contributed by atoms with Crippen LogP contribution < -0.4 is 41.1 Å². The van der Waals surface area contributed by atoms with Gasteiger partial charge in [-0.05, 0) is 50.8 Å². The van der Waals surface area contributed by atoms with Crippen molar-refractivity contribution in [3.8, 4) is 5.75 Å². The number of amides is 5. The Labute approximate surface area is 422 Å². The molecule has 4 aliphatic heterocycles. The van der Waals surface area contributed by atoms with Crippen molar-refractivity contribution in [1.82, 2.24) is 36.8 Å². The number of rotatable bonds is 31. The number of carbonyl (C=O) groups is 4. The van der Waals surface area contributed by atoms with Gasteiger partial charge in [-0.3, -0.25) is 14.4 Å². The first-order valence-electron chi connectivity index (χ1n) is 24.1. The predicted molar refractivity (Wildman–Crippen MR) is 268 cm³/mol. The Balaban J connectivity index is 0.680. The number of carbonyl (C=O) groups excluding carboxylic acids is 4. The number of piperazine rings is 1. The van der Waals surface area contributed by atoms with Crippen LogP contribution in [0.15, 0.2) is 52.8 Å². The number of hydrogen-bond acceptors (Lipinski definition) is 16. The van der Waals surface area contributed by atoms with E-state index in [9.17, 15) is 19.2 Å². The van der Waals surface area contributed by atoms with Gasteiger partial charge in [-0.2, -0.15) is 27.1 Å². The SMILES string of the molecule is CC1(CC[C@H](NC(=O)CCOCCOCCNC(=O)CCCC[C@@H]2SC[C@@H]3NC(=O)N[C@@H]32)C(=O)NCCOCCOCCOc2cc(Cl)cc(N3CCN(c4cnnc5c(Cl)cccc45)CC3)c2)N=N1. The van der Waals surface area contributed by atoms with Gasteiger partial charge in [0.1, 0.15) is 23.9 Å². The van der Waals surface area contributed by atoms with Gasteiger partial charge >= 0.3 is 6.03 Å². The van der Waals surface area contributed by atoms with Gasteiger partial charge in [0.2, 0.25) is 17.7 Å². The van der Waals surface area contributed by atoms with Crippen molar-refractivity contribution in [3.05, 3.63) is 52.6 Å². The zero-order valence-electron chi connectivity index (χ0n) is 39.6. The van der Waals surface area contributed by atoms with E-state index in [-0.39, 0.29) is 68.6 Å². The molecule has 3 saturated heterocycles. The first-order valence-corrected chi connectivity index (χ1v) is 25.9. The number of unbranched alkanes of at least 4 members (excludes halogenated alkanes) is 1. The minimum Gasteiger partial charge on any atom is -0.491 e. The molecule has 0 radical (unpaired) electrons. The Kier molecular flexibility index (Phi) is 20.6. The molecule has 0 bridgehead atoms. The molecule has 7 rings (SSSR count). The van der Waals surface area contributed by atoms with E-state index in [1.165, 1.54) is 0 Å². The monoisotopic (exact) mass is 1030 g/mol. The molecule has 3 fully saturated rings. The summed E-state index contributed by atoms with van der Waals surface area (Å²) in [5.41, 5.74) is 2.18. The summed E-state index contributed by atoms with van der Waals surface area (Å²) in [6, 6.07) is 11.0. The number of nitrogens with zero attached hydrogens (tertiary/aromatic N) is 6. The van der Waals surface area contributed by atoms with Crippen LogP contribution in [0.3, 0.4) is 0 Å². The maximum atomic E-state index is 13.1. The van der Waals surface area contributed by atoms with Gasteiger partial charge in [-0.25, -0.2) is 4.79 Å². The number of halogens is 2. The molecule has 3 aromatic rings.